The minimum absolute atomic E-state index is 0.173. The molecule has 6 nitrogen and oxygen atoms in total. The molecule has 2 saturated heterocycles. The number of rotatable bonds is 5. The Hall–Kier alpha value is -4.10. The Morgan fingerprint density at radius 3 is 2.13 bits per heavy atom. The number of aryl methyl sites for hydroxylation is 1. The highest BCUT2D eigenvalue weighted by atomic mass is 79.9. The van der Waals surface area contributed by atoms with E-state index in [1.54, 1.807) is 83.9 Å². The van der Waals surface area contributed by atoms with Crippen LogP contribution in [0, 0.1) is 18.8 Å². The molecule has 2 fully saturated rings. The number of anilines is 1. The molecule has 0 radical (unpaired) electrons. The van der Waals surface area contributed by atoms with Gasteiger partial charge in [0.15, 0.2) is 11.6 Å². The molecule has 3 aromatic carbocycles. The third-order valence-corrected chi connectivity index (χ3v) is 8.06. The number of hydrogen-bond acceptors (Lipinski definition) is 5. The molecule has 0 unspecified atom stereocenters. The summed E-state index contributed by atoms with van der Waals surface area (Å²) in [5.41, 5.74) is 2.91. The van der Waals surface area contributed by atoms with Crippen molar-refractivity contribution in [3.63, 3.8) is 0 Å². The van der Waals surface area contributed by atoms with Crippen LogP contribution in [-0.2, 0) is 9.59 Å². The molecule has 2 amide bonds. The molecule has 3 aromatic rings. The summed E-state index contributed by atoms with van der Waals surface area (Å²) in [5.74, 6) is -2.84. The van der Waals surface area contributed by atoms with Gasteiger partial charge < -0.3 is 4.90 Å². The van der Waals surface area contributed by atoms with Crippen LogP contribution in [0.3, 0.4) is 0 Å². The van der Waals surface area contributed by atoms with Crippen molar-refractivity contribution in [2.75, 3.05) is 4.90 Å². The number of hydrogen-bond donors (Lipinski definition) is 0. The van der Waals surface area contributed by atoms with Crippen molar-refractivity contribution in [2.24, 2.45) is 11.8 Å². The van der Waals surface area contributed by atoms with Gasteiger partial charge in [0.2, 0.25) is 11.8 Å². The van der Waals surface area contributed by atoms with Crippen molar-refractivity contribution in [1.82, 2.24) is 4.90 Å². The van der Waals surface area contributed by atoms with Crippen molar-refractivity contribution in [3.8, 4) is 0 Å². The van der Waals surface area contributed by atoms with Crippen LogP contribution in [0.1, 0.15) is 26.3 Å². The third-order valence-electron chi connectivity index (χ3n) is 7.54. The maximum Gasteiger partial charge on any atom is 0.240 e. The van der Waals surface area contributed by atoms with Gasteiger partial charge in [0.1, 0.15) is 6.04 Å². The van der Waals surface area contributed by atoms with Gasteiger partial charge in [-0.15, -0.1) is 0 Å². The SMILES string of the molecule is Cc1ccc(N2C(=O)[C@@H]3[C@H](C2=O)[C@@H](C(=O)c2ccc(Br)cc2)N2C=CC(C(=O)c4ccccc4)=C[C@H]32)cc1. The Balaban J connectivity index is 1.43. The van der Waals surface area contributed by atoms with Crippen LogP contribution in [0.25, 0.3) is 0 Å². The number of allylic oxidation sites excluding steroid dienone is 2. The molecular formula is C31H23BrN2O4. The number of fused-ring (bicyclic) bond motifs is 3. The zero-order valence-corrected chi connectivity index (χ0v) is 22.0. The monoisotopic (exact) mass is 566 g/mol. The van der Waals surface area contributed by atoms with Gasteiger partial charge in [-0.25, -0.2) is 4.90 Å². The third kappa shape index (κ3) is 3.85. The zero-order chi connectivity index (χ0) is 26.6. The lowest BCUT2D eigenvalue weighted by molar-refractivity contribution is -0.123. The van der Waals surface area contributed by atoms with Crippen LogP contribution in [0.5, 0.6) is 0 Å². The maximum absolute atomic E-state index is 13.9. The van der Waals surface area contributed by atoms with E-state index in [1.165, 1.54) is 4.90 Å². The van der Waals surface area contributed by atoms with E-state index in [0.29, 0.717) is 22.4 Å². The molecule has 188 valence electrons. The lowest BCUT2D eigenvalue weighted by Gasteiger charge is -2.32. The van der Waals surface area contributed by atoms with E-state index in [2.05, 4.69) is 15.9 Å². The molecule has 0 spiro atoms. The van der Waals surface area contributed by atoms with Crippen molar-refractivity contribution in [1.29, 1.82) is 0 Å². The van der Waals surface area contributed by atoms with E-state index in [4.69, 9.17) is 0 Å². The van der Waals surface area contributed by atoms with Gasteiger partial charge >= 0.3 is 0 Å². The number of benzene rings is 3. The number of carbonyl (C=O) groups excluding carboxylic acids is 4. The highest BCUT2D eigenvalue weighted by Gasteiger charge is 2.63. The molecule has 3 aliphatic rings. The van der Waals surface area contributed by atoms with Gasteiger partial charge in [0.05, 0.1) is 23.6 Å². The Morgan fingerprint density at radius 2 is 1.45 bits per heavy atom. The van der Waals surface area contributed by atoms with Crippen molar-refractivity contribution in [2.45, 2.75) is 19.0 Å². The first-order valence-electron chi connectivity index (χ1n) is 12.4. The van der Waals surface area contributed by atoms with Crippen LogP contribution < -0.4 is 4.90 Å². The number of ketones is 2. The first-order valence-corrected chi connectivity index (χ1v) is 13.2. The molecule has 7 heteroatoms. The summed E-state index contributed by atoms with van der Waals surface area (Å²) in [6, 6.07) is 21.6. The molecule has 0 bridgehead atoms. The number of imide groups is 1. The molecule has 38 heavy (non-hydrogen) atoms. The molecule has 6 rings (SSSR count). The fourth-order valence-corrected chi connectivity index (χ4v) is 5.95. The Bertz CT molecular complexity index is 1530. The normalized spacial score (nSPS) is 23.8. The topological polar surface area (TPSA) is 74.8 Å². The van der Waals surface area contributed by atoms with Gasteiger partial charge in [-0.3, -0.25) is 19.2 Å². The Labute approximate surface area is 228 Å². The molecule has 0 N–H and O–H groups in total. The fraction of sp³-hybridized carbons (Fsp3) is 0.161. The van der Waals surface area contributed by atoms with Crippen molar-refractivity contribution >= 4 is 45.0 Å². The van der Waals surface area contributed by atoms with Crippen LogP contribution in [0.2, 0.25) is 0 Å². The number of carbonyl (C=O) groups is 4. The smallest absolute Gasteiger partial charge is 0.240 e. The minimum atomic E-state index is -0.878. The maximum atomic E-state index is 13.9. The molecule has 3 aliphatic heterocycles. The van der Waals surface area contributed by atoms with E-state index in [0.717, 1.165) is 10.0 Å². The van der Waals surface area contributed by atoms with Gasteiger partial charge in [0, 0.05) is 27.4 Å². The second kappa shape index (κ2) is 9.33. The molecule has 0 aromatic heterocycles. The standard InChI is InChI=1S/C31H23BrN2O4/c1-18-7-13-23(14-8-18)34-30(37)25-24-17-21(28(35)19-5-3-2-4-6-19)15-16-33(24)27(26(25)31(34)38)29(36)20-9-11-22(32)12-10-20/h2-17,24-27H,1H3/t24-,25+,26+,27+/m1/s1. The van der Waals surface area contributed by atoms with E-state index >= 15 is 0 Å². The predicted octanol–water partition coefficient (Wildman–Crippen LogP) is 5.14. The van der Waals surface area contributed by atoms with Crippen molar-refractivity contribution in [3.05, 3.63) is 124 Å². The first kappa shape index (κ1) is 24.2. The van der Waals surface area contributed by atoms with E-state index in [1.807, 2.05) is 25.1 Å². The molecule has 3 heterocycles. The van der Waals surface area contributed by atoms with Gasteiger partial charge in [-0.05, 0) is 37.3 Å². The molecule has 0 saturated carbocycles. The van der Waals surface area contributed by atoms with Crippen molar-refractivity contribution < 1.29 is 19.2 Å². The van der Waals surface area contributed by atoms with E-state index < -0.39 is 29.8 Å². The number of Topliss-reactive ketones (excluding diaryl/α,β-unsaturated/α-hetero) is 2. The fourth-order valence-electron chi connectivity index (χ4n) is 5.69. The van der Waals surface area contributed by atoms with Crippen LogP contribution in [-0.4, -0.2) is 40.4 Å². The molecular weight excluding hydrogens is 544 g/mol. The zero-order valence-electron chi connectivity index (χ0n) is 20.5. The van der Waals surface area contributed by atoms with Gasteiger partial charge in [0.25, 0.3) is 0 Å². The second-order valence-electron chi connectivity index (χ2n) is 9.79. The average molecular weight is 567 g/mol. The summed E-state index contributed by atoms with van der Waals surface area (Å²) < 4.78 is 0.832. The minimum Gasteiger partial charge on any atom is -0.359 e. The molecule has 4 atom stereocenters. The van der Waals surface area contributed by atoms with E-state index in [-0.39, 0.29) is 17.5 Å². The summed E-state index contributed by atoms with van der Waals surface area (Å²) in [6.45, 7) is 1.93. The lowest BCUT2D eigenvalue weighted by atomic mass is 9.85. The number of halogens is 1. The summed E-state index contributed by atoms with van der Waals surface area (Å²) in [7, 11) is 0. The van der Waals surface area contributed by atoms with E-state index in [9.17, 15) is 19.2 Å². The summed E-state index contributed by atoms with van der Waals surface area (Å²) in [6.07, 6.45) is 5.10. The lowest BCUT2D eigenvalue weighted by Crippen LogP contribution is -2.46. The Kier molecular flexibility index (Phi) is 5.95. The highest BCUT2D eigenvalue weighted by Crippen LogP contribution is 2.47. The first-order chi connectivity index (χ1) is 18.3. The summed E-state index contributed by atoms with van der Waals surface area (Å²) >= 11 is 3.40. The predicted molar refractivity (Wildman–Crippen MR) is 147 cm³/mol. The van der Waals surface area contributed by atoms with Crippen LogP contribution in [0.4, 0.5) is 5.69 Å². The largest absolute Gasteiger partial charge is 0.359 e. The van der Waals surface area contributed by atoms with Gasteiger partial charge in [-0.1, -0.05) is 82.2 Å². The van der Waals surface area contributed by atoms with Crippen LogP contribution >= 0.6 is 15.9 Å². The average Bonchev–Trinajstić information content (AvgIpc) is 3.41. The number of amides is 2. The number of nitrogens with zero attached hydrogens (tertiary/aromatic N) is 2. The highest BCUT2D eigenvalue weighted by molar-refractivity contribution is 9.10. The Morgan fingerprint density at radius 1 is 0.789 bits per heavy atom. The summed E-state index contributed by atoms with van der Waals surface area (Å²) in [4.78, 5) is 57.8. The van der Waals surface area contributed by atoms with Crippen LogP contribution in [0.15, 0.2) is 107 Å². The quantitative estimate of drug-likeness (QED) is 0.316. The molecule has 0 aliphatic carbocycles. The second-order valence-corrected chi connectivity index (χ2v) is 10.7. The summed E-state index contributed by atoms with van der Waals surface area (Å²) in [5, 5.41) is 0. The van der Waals surface area contributed by atoms with Gasteiger partial charge in [-0.2, -0.15) is 0 Å².